The summed E-state index contributed by atoms with van der Waals surface area (Å²) in [5.74, 6) is 0.225. The molecule has 3 aromatic rings. The lowest BCUT2D eigenvalue weighted by Crippen LogP contribution is -2.33. The maximum Gasteiger partial charge on any atom is 0.263 e. The van der Waals surface area contributed by atoms with Crippen LogP contribution in [0.15, 0.2) is 29.8 Å². The minimum Gasteiger partial charge on any atom is -0.380 e. The van der Waals surface area contributed by atoms with Crippen LogP contribution in [0.25, 0.3) is 16.8 Å². The van der Waals surface area contributed by atoms with E-state index in [1.165, 1.54) is 11.3 Å². The normalized spacial score (nSPS) is 12.5. The van der Waals surface area contributed by atoms with Crippen LogP contribution in [0.1, 0.15) is 16.6 Å². The molecule has 1 amide bonds. The number of hydrogen-bond acceptors (Lipinski definition) is 6. The number of nitrogen functional groups attached to an aromatic ring is 1. The molecule has 0 aromatic carbocycles. The molecular formula is C16H19N5O2S. The molecule has 0 spiro atoms. The van der Waals surface area contributed by atoms with Gasteiger partial charge in [-0.05, 0) is 36.1 Å². The molecule has 1 atom stereocenters. The first kappa shape index (κ1) is 16.4. The molecule has 0 saturated carbocycles. The number of carbonyl (C=O) groups excluding carboxylic acids is 1. The zero-order valence-corrected chi connectivity index (χ0v) is 14.6. The molecule has 0 aliphatic rings. The van der Waals surface area contributed by atoms with Crippen molar-refractivity contribution in [3.8, 4) is 11.1 Å². The molecular weight excluding hydrogens is 326 g/mol. The van der Waals surface area contributed by atoms with Crippen LogP contribution in [-0.4, -0.2) is 52.2 Å². The predicted octanol–water partition coefficient (Wildman–Crippen LogP) is 2.15. The average molecular weight is 345 g/mol. The molecule has 3 aromatic heterocycles. The number of hydrogen-bond donors (Lipinski definition) is 1. The fourth-order valence-electron chi connectivity index (χ4n) is 2.40. The molecule has 8 heteroatoms. The van der Waals surface area contributed by atoms with E-state index in [9.17, 15) is 4.79 Å². The summed E-state index contributed by atoms with van der Waals surface area (Å²) in [7, 11) is 3.42. The zero-order chi connectivity index (χ0) is 17.3. The van der Waals surface area contributed by atoms with Gasteiger partial charge in [-0.15, -0.1) is 16.4 Å². The Balaban J connectivity index is 1.82. The summed E-state index contributed by atoms with van der Waals surface area (Å²) in [5, 5.41) is 6.07. The monoisotopic (exact) mass is 345 g/mol. The van der Waals surface area contributed by atoms with E-state index < -0.39 is 0 Å². The number of pyridine rings is 1. The molecule has 24 heavy (non-hydrogen) atoms. The first-order valence-corrected chi connectivity index (χ1v) is 8.35. The first-order valence-electron chi connectivity index (χ1n) is 7.47. The topological polar surface area (TPSA) is 85.8 Å². The third-order valence-electron chi connectivity index (χ3n) is 3.77. The molecule has 3 heterocycles. The number of likely N-dealkylation sites (N-methyl/N-ethyl adjacent to an activating group) is 1. The summed E-state index contributed by atoms with van der Waals surface area (Å²) in [6.45, 7) is 2.48. The number of amides is 1. The summed E-state index contributed by atoms with van der Waals surface area (Å²) in [6.07, 6.45) is 1.85. The van der Waals surface area contributed by atoms with Gasteiger partial charge in [-0.1, -0.05) is 0 Å². The maximum absolute atomic E-state index is 12.5. The lowest BCUT2D eigenvalue weighted by molar-refractivity contribution is 0.0604. The average Bonchev–Trinajstić information content (AvgIpc) is 3.18. The standard InChI is InChI=1S/C16H19N5O2S/c1-10(23-3)7-20(2)15(22)13-6-12(9-24-13)11-4-5-14-18-16(17)19-21(14)8-11/h4-6,8-10H,7H2,1-3H3,(H2,17,19). The Hall–Kier alpha value is -2.45. The van der Waals surface area contributed by atoms with Crippen LogP contribution in [0.3, 0.4) is 0 Å². The number of fused-ring (bicyclic) bond motifs is 1. The maximum atomic E-state index is 12.5. The number of ether oxygens (including phenoxy) is 1. The molecule has 1 unspecified atom stereocenters. The highest BCUT2D eigenvalue weighted by Gasteiger charge is 2.17. The molecule has 0 radical (unpaired) electrons. The number of aromatic nitrogens is 3. The van der Waals surface area contributed by atoms with E-state index in [2.05, 4.69) is 10.1 Å². The van der Waals surface area contributed by atoms with E-state index in [0.717, 1.165) is 11.1 Å². The molecule has 2 N–H and O–H groups in total. The minimum atomic E-state index is -0.0128. The van der Waals surface area contributed by atoms with Crippen molar-refractivity contribution in [3.63, 3.8) is 0 Å². The van der Waals surface area contributed by atoms with Gasteiger partial charge in [0, 0.05) is 32.5 Å². The van der Waals surface area contributed by atoms with Crippen molar-refractivity contribution >= 4 is 28.8 Å². The van der Waals surface area contributed by atoms with Crippen molar-refractivity contribution < 1.29 is 9.53 Å². The highest BCUT2D eigenvalue weighted by Crippen LogP contribution is 2.26. The zero-order valence-electron chi connectivity index (χ0n) is 13.8. The molecule has 126 valence electrons. The Morgan fingerprint density at radius 2 is 2.25 bits per heavy atom. The van der Waals surface area contributed by atoms with Gasteiger partial charge in [-0.2, -0.15) is 4.98 Å². The van der Waals surface area contributed by atoms with Gasteiger partial charge >= 0.3 is 0 Å². The Bertz CT molecular complexity index is 872. The van der Waals surface area contributed by atoms with Crippen molar-refractivity contribution in [1.29, 1.82) is 0 Å². The van der Waals surface area contributed by atoms with Crippen molar-refractivity contribution in [2.45, 2.75) is 13.0 Å². The lowest BCUT2D eigenvalue weighted by Gasteiger charge is -2.19. The Labute approximate surface area is 143 Å². The number of methoxy groups -OCH3 is 1. The van der Waals surface area contributed by atoms with Crippen molar-refractivity contribution in [3.05, 3.63) is 34.7 Å². The summed E-state index contributed by atoms with van der Waals surface area (Å²) >= 11 is 1.42. The SMILES string of the molecule is COC(C)CN(C)C(=O)c1cc(-c2ccc3nc(N)nn3c2)cs1. The number of anilines is 1. The molecule has 0 fully saturated rings. The van der Waals surface area contributed by atoms with Gasteiger partial charge in [0.2, 0.25) is 5.95 Å². The van der Waals surface area contributed by atoms with Crippen LogP contribution in [0, 0.1) is 0 Å². The molecule has 7 nitrogen and oxygen atoms in total. The molecule has 0 saturated heterocycles. The molecule has 0 aliphatic carbocycles. The van der Waals surface area contributed by atoms with Gasteiger partial charge in [0.15, 0.2) is 5.65 Å². The molecule has 0 aliphatic heterocycles. The number of carbonyl (C=O) groups is 1. The van der Waals surface area contributed by atoms with Crippen LogP contribution in [0.5, 0.6) is 0 Å². The second-order valence-corrected chi connectivity index (χ2v) is 6.53. The largest absolute Gasteiger partial charge is 0.380 e. The summed E-state index contributed by atoms with van der Waals surface area (Å²) in [6, 6.07) is 5.68. The van der Waals surface area contributed by atoms with Crippen molar-refractivity contribution in [1.82, 2.24) is 19.5 Å². The van der Waals surface area contributed by atoms with E-state index in [4.69, 9.17) is 10.5 Å². The van der Waals surface area contributed by atoms with Gasteiger partial charge in [-0.3, -0.25) is 4.79 Å². The van der Waals surface area contributed by atoms with E-state index in [1.807, 2.05) is 36.7 Å². The number of nitrogens with two attached hydrogens (primary N) is 1. The smallest absolute Gasteiger partial charge is 0.263 e. The third kappa shape index (κ3) is 3.24. The van der Waals surface area contributed by atoms with Crippen LogP contribution < -0.4 is 5.73 Å². The Morgan fingerprint density at radius 3 is 3.00 bits per heavy atom. The van der Waals surface area contributed by atoms with E-state index in [1.54, 1.807) is 23.6 Å². The van der Waals surface area contributed by atoms with E-state index >= 15 is 0 Å². The lowest BCUT2D eigenvalue weighted by atomic mass is 10.1. The fourth-order valence-corrected chi connectivity index (χ4v) is 3.31. The molecule has 3 rings (SSSR count). The predicted molar refractivity (Wildman–Crippen MR) is 94.1 cm³/mol. The number of rotatable bonds is 5. The van der Waals surface area contributed by atoms with Crippen LogP contribution >= 0.6 is 11.3 Å². The summed E-state index contributed by atoms with van der Waals surface area (Å²) < 4.78 is 6.84. The van der Waals surface area contributed by atoms with Crippen LogP contribution in [0.4, 0.5) is 5.95 Å². The van der Waals surface area contributed by atoms with E-state index in [-0.39, 0.29) is 18.0 Å². The van der Waals surface area contributed by atoms with Crippen LogP contribution in [-0.2, 0) is 4.74 Å². The highest BCUT2D eigenvalue weighted by molar-refractivity contribution is 7.12. The van der Waals surface area contributed by atoms with Crippen LogP contribution in [0.2, 0.25) is 0 Å². The summed E-state index contributed by atoms with van der Waals surface area (Å²) in [5.41, 5.74) is 8.22. The number of thiophene rings is 1. The van der Waals surface area contributed by atoms with Crippen molar-refractivity contribution in [2.24, 2.45) is 0 Å². The minimum absolute atomic E-state index is 0.00133. The second kappa shape index (κ2) is 6.58. The van der Waals surface area contributed by atoms with Gasteiger partial charge in [-0.25, -0.2) is 4.52 Å². The van der Waals surface area contributed by atoms with Gasteiger partial charge < -0.3 is 15.4 Å². The first-order chi connectivity index (χ1) is 11.5. The highest BCUT2D eigenvalue weighted by atomic mass is 32.1. The van der Waals surface area contributed by atoms with Gasteiger partial charge in [0.25, 0.3) is 5.91 Å². The Morgan fingerprint density at radius 1 is 1.46 bits per heavy atom. The second-order valence-electron chi connectivity index (χ2n) is 5.62. The van der Waals surface area contributed by atoms with Gasteiger partial charge in [0.1, 0.15) is 0 Å². The van der Waals surface area contributed by atoms with Crippen molar-refractivity contribution in [2.75, 3.05) is 26.4 Å². The third-order valence-corrected chi connectivity index (χ3v) is 4.69. The summed E-state index contributed by atoms with van der Waals surface area (Å²) in [4.78, 5) is 19.0. The van der Waals surface area contributed by atoms with E-state index in [0.29, 0.717) is 17.1 Å². The van der Waals surface area contributed by atoms with Gasteiger partial charge in [0.05, 0.1) is 11.0 Å². The fraction of sp³-hybridized carbons (Fsp3) is 0.312. The quantitative estimate of drug-likeness (QED) is 0.766. The molecule has 0 bridgehead atoms. The Kier molecular flexibility index (Phi) is 4.50. The number of nitrogens with zero attached hydrogens (tertiary/aromatic N) is 4.